The van der Waals surface area contributed by atoms with Crippen LogP contribution in [0, 0.1) is 25.7 Å². The Labute approximate surface area is 199 Å². The monoisotopic (exact) mass is 454 g/mol. The van der Waals surface area contributed by atoms with E-state index in [0.29, 0.717) is 13.1 Å². The summed E-state index contributed by atoms with van der Waals surface area (Å²) in [7, 11) is 0. The third-order valence-electron chi connectivity index (χ3n) is 7.38. The summed E-state index contributed by atoms with van der Waals surface area (Å²) >= 11 is 0. The highest BCUT2D eigenvalue weighted by Gasteiger charge is 2.53. The molecule has 34 heavy (non-hydrogen) atoms. The lowest BCUT2D eigenvalue weighted by atomic mass is 9.74. The molecule has 0 N–H and O–H groups in total. The van der Waals surface area contributed by atoms with Crippen molar-refractivity contribution in [2.75, 3.05) is 24.5 Å². The van der Waals surface area contributed by atoms with Gasteiger partial charge in [0, 0.05) is 43.0 Å². The van der Waals surface area contributed by atoms with E-state index in [1.54, 1.807) is 6.26 Å². The molecule has 1 spiro atoms. The number of aromatic nitrogens is 3. The van der Waals surface area contributed by atoms with Crippen LogP contribution in [0.2, 0.25) is 0 Å². The van der Waals surface area contributed by atoms with E-state index in [4.69, 9.17) is 4.52 Å². The topological polar surface area (TPSA) is 75.4 Å². The molecule has 0 atom stereocenters. The summed E-state index contributed by atoms with van der Waals surface area (Å²) in [6.07, 6.45) is 6.38. The van der Waals surface area contributed by atoms with E-state index in [0.717, 1.165) is 66.5 Å². The zero-order chi connectivity index (χ0) is 23.3. The Balaban J connectivity index is 1.24. The normalized spacial score (nSPS) is 19.4. The molecule has 6 rings (SSSR count). The predicted octanol–water partition coefficient (Wildman–Crippen LogP) is 4.28. The maximum absolute atomic E-state index is 14.0. The van der Waals surface area contributed by atoms with E-state index < -0.39 is 5.41 Å². The molecule has 7 heteroatoms. The Morgan fingerprint density at radius 3 is 2.50 bits per heavy atom. The largest absolute Gasteiger partial charge is 0.364 e. The van der Waals surface area contributed by atoms with Gasteiger partial charge in [0.25, 0.3) is 0 Å². The van der Waals surface area contributed by atoms with Gasteiger partial charge in [-0.05, 0) is 50.3 Å². The number of piperidine rings is 1. The molecule has 1 amide bonds. The van der Waals surface area contributed by atoms with Gasteiger partial charge in [-0.25, -0.2) is 9.97 Å². The Morgan fingerprint density at radius 1 is 1.03 bits per heavy atom. The minimum Gasteiger partial charge on any atom is -0.364 e. The highest BCUT2D eigenvalue weighted by atomic mass is 16.5. The van der Waals surface area contributed by atoms with E-state index in [1.807, 2.05) is 55.1 Å². The van der Waals surface area contributed by atoms with Crippen molar-refractivity contribution in [3.05, 3.63) is 77.3 Å². The maximum Gasteiger partial charge on any atom is 0.233 e. The van der Waals surface area contributed by atoms with Gasteiger partial charge >= 0.3 is 0 Å². The Kier molecular flexibility index (Phi) is 5.01. The fourth-order valence-electron chi connectivity index (χ4n) is 5.54. The molecule has 2 aromatic heterocycles. The van der Waals surface area contributed by atoms with E-state index in [-0.39, 0.29) is 5.91 Å². The average Bonchev–Trinajstić information content (AvgIpc) is 3.50. The maximum atomic E-state index is 14.0. The van der Waals surface area contributed by atoms with Gasteiger partial charge in [0.1, 0.15) is 12.0 Å². The number of aryl methyl sites for hydroxylation is 2. The lowest BCUT2D eigenvalue weighted by molar-refractivity contribution is -0.141. The summed E-state index contributed by atoms with van der Waals surface area (Å²) in [4.78, 5) is 27.6. The quantitative estimate of drug-likeness (QED) is 0.586. The first kappa shape index (κ1) is 21.1. The number of anilines is 1. The Bertz CT molecular complexity index is 1250. The predicted molar refractivity (Wildman–Crippen MR) is 129 cm³/mol. The summed E-state index contributed by atoms with van der Waals surface area (Å²) < 4.78 is 5.33. The van der Waals surface area contributed by atoms with E-state index in [1.165, 1.54) is 11.1 Å². The SMILES string of the molecule is Cc1cc(C)nc(N2CCC3(CC2)C(=O)N(Cc2nocc2-c2ccccc2)CCC2=C3[CH]2)n1. The van der Waals surface area contributed by atoms with E-state index in [9.17, 15) is 4.79 Å². The number of carbonyl (C=O) groups is 1. The Hall–Kier alpha value is -3.48. The van der Waals surface area contributed by atoms with Gasteiger partial charge in [-0.3, -0.25) is 4.79 Å². The Morgan fingerprint density at radius 2 is 1.76 bits per heavy atom. The molecule has 1 fully saturated rings. The molecular formula is C27H28N5O2. The second-order valence-corrected chi connectivity index (χ2v) is 9.62. The zero-order valence-electron chi connectivity index (χ0n) is 19.6. The molecule has 3 aromatic rings. The lowest BCUT2D eigenvalue weighted by Crippen LogP contribution is -2.50. The van der Waals surface area contributed by atoms with Gasteiger partial charge in [0.05, 0.1) is 12.0 Å². The highest BCUT2D eigenvalue weighted by Crippen LogP contribution is 2.54. The van der Waals surface area contributed by atoms with Crippen LogP contribution in [-0.4, -0.2) is 45.6 Å². The van der Waals surface area contributed by atoms with Crippen LogP contribution in [0.3, 0.4) is 0 Å². The molecule has 4 heterocycles. The minimum atomic E-state index is -0.447. The van der Waals surface area contributed by atoms with Crippen LogP contribution in [0.15, 0.2) is 58.3 Å². The number of hydrogen-bond donors (Lipinski definition) is 0. The van der Waals surface area contributed by atoms with E-state index >= 15 is 0 Å². The molecule has 1 aromatic carbocycles. The average molecular weight is 455 g/mol. The van der Waals surface area contributed by atoms with Gasteiger partial charge in [0.15, 0.2) is 0 Å². The highest BCUT2D eigenvalue weighted by molar-refractivity contribution is 5.91. The van der Waals surface area contributed by atoms with Crippen LogP contribution in [-0.2, 0) is 11.3 Å². The summed E-state index contributed by atoms with van der Waals surface area (Å²) in [5.41, 5.74) is 6.94. The molecular weight excluding hydrogens is 426 g/mol. The summed E-state index contributed by atoms with van der Waals surface area (Å²) in [6, 6.07) is 12.1. The van der Waals surface area contributed by atoms with Crippen molar-refractivity contribution in [1.29, 1.82) is 0 Å². The number of rotatable bonds is 4. The van der Waals surface area contributed by atoms with Gasteiger partial charge in [-0.1, -0.05) is 41.1 Å². The molecule has 1 saturated heterocycles. The molecule has 1 radical (unpaired) electrons. The van der Waals surface area contributed by atoms with Crippen LogP contribution in [0.5, 0.6) is 0 Å². The summed E-state index contributed by atoms with van der Waals surface area (Å²) in [5, 5.41) is 4.27. The number of nitrogens with zero attached hydrogens (tertiary/aromatic N) is 5. The van der Waals surface area contributed by atoms with Gasteiger partial charge in [-0.2, -0.15) is 0 Å². The number of fused-ring (bicyclic) bond motifs is 1. The third-order valence-corrected chi connectivity index (χ3v) is 7.38. The van der Waals surface area contributed by atoms with Crippen LogP contribution in [0.1, 0.15) is 36.3 Å². The molecule has 7 nitrogen and oxygen atoms in total. The lowest BCUT2D eigenvalue weighted by Gasteiger charge is -2.42. The van der Waals surface area contributed by atoms with Crippen LogP contribution in [0.25, 0.3) is 11.1 Å². The first-order valence-electron chi connectivity index (χ1n) is 12.0. The van der Waals surface area contributed by atoms with Crippen molar-refractivity contribution >= 4 is 11.9 Å². The molecule has 1 aliphatic carbocycles. The second kappa shape index (κ2) is 8.08. The number of hydrogen-bond acceptors (Lipinski definition) is 6. The van der Waals surface area contributed by atoms with Crippen molar-refractivity contribution < 1.29 is 9.32 Å². The van der Waals surface area contributed by atoms with Crippen molar-refractivity contribution in [2.24, 2.45) is 5.41 Å². The van der Waals surface area contributed by atoms with Crippen LogP contribution >= 0.6 is 0 Å². The molecule has 2 aliphatic heterocycles. The number of carbonyl (C=O) groups excluding carboxylic acids is 1. The molecule has 0 unspecified atom stereocenters. The molecule has 3 aliphatic rings. The van der Waals surface area contributed by atoms with Crippen molar-refractivity contribution in [3.63, 3.8) is 0 Å². The first-order valence-corrected chi connectivity index (χ1v) is 12.0. The zero-order valence-corrected chi connectivity index (χ0v) is 19.6. The van der Waals surface area contributed by atoms with Crippen LogP contribution < -0.4 is 4.90 Å². The first-order chi connectivity index (χ1) is 16.5. The van der Waals surface area contributed by atoms with Crippen molar-refractivity contribution in [3.8, 4) is 11.1 Å². The molecule has 0 bridgehead atoms. The standard InChI is InChI=1S/C27H28N5O2/c1-18-14-19(2)29-26(28-18)31-12-9-27(10-13-31)23-15-21(23)8-11-32(25(27)33)16-24-22(17-34-30-24)20-6-4-3-5-7-20/h3-7,14-15,17H,8-13,16H2,1-2H3. The number of benzene rings is 1. The second-order valence-electron chi connectivity index (χ2n) is 9.62. The fraction of sp³-hybridized carbons (Fsp3) is 0.370. The van der Waals surface area contributed by atoms with Gasteiger partial charge in [-0.15, -0.1) is 0 Å². The van der Waals surface area contributed by atoms with Gasteiger partial charge in [0.2, 0.25) is 11.9 Å². The van der Waals surface area contributed by atoms with Crippen molar-refractivity contribution in [1.82, 2.24) is 20.0 Å². The number of amides is 1. The molecule has 0 saturated carbocycles. The van der Waals surface area contributed by atoms with Gasteiger partial charge < -0.3 is 14.3 Å². The van der Waals surface area contributed by atoms with Crippen LogP contribution in [0.4, 0.5) is 5.95 Å². The van der Waals surface area contributed by atoms with E-state index in [2.05, 4.69) is 26.4 Å². The summed E-state index contributed by atoms with van der Waals surface area (Å²) in [6.45, 7) is 6.71. The molecule has 173 valence electrons. The fourth-order valence-corrected chi connectivity index (χ4v) is 5.54. The minimum absolute atomic E-state index is 0.217. The number of likely N-dealkylation sites (tertiary alicyclic amines) is 1. The smallest absolute Gasteiger partial charge is 0.233 e. The van der Waals surface area contributed by atoms with Crippen molar-refractivity contribution in [2.45, 2.75) is 39.7 Å². The third kappa shape index (κ3) is 3.59. The summed E-state index contributed by atoms with van der Waals surface area (Å²) in [5.74, 6) is 0.989.